The van der Waals surface area contributed by atoms with Gasteiger partial charge in [0, 0.05) is 12.5 Å². The van der Waals surface area contributed by atoms with Crippen molar-refractivity contribution in [2.75, 3.05) is 6.26 Å². The maximum absolute atomic E-state index is 13.5. The molecule has 0 bridgehead atoms. The molecule has 0 aliphatic rings. The molecule has 0 radical (unpaired) electrons. The van der Waals surface area contributed by atoms with Crippen LogP contribution in [0.3, 0.4) is 0 Å². The molecular weight excluding hydrogens is 249 g/mol. The number of sulfone groups is 1. The number of thiazole rings is 1. The number of rotatable bonds is 2. The van der Waals surface area contributed by atoms with Crippen LogP contribution in [0.25, 0.3) is 10.4 Å². The van der Waals surface area contributed by atoms with Crippen molar-refractivity contribution < 1.29 is 12.8 Å². The summed E-state index contributed by atoms with van der Waals surface area (Å²) >= 11 is 1.37. The average Bonchev–Trinajstić information content (AvgIpc) is 2.68. The fourth-order valence-electron chi connectivity index (χ4n) is 1.31. The van der Waals surface area contributed by atoms with Gasteiger partial charge in [-0.15, -0.1) is 11.3 Å². The number of benzene rings is 1. The molecule has 1 aromatic heterocycles. The Labute approximate surface area is 96.5 Å². The first kappa shape index (κ1) is 11.2. The van der Waals surface area contributed by atoms with Gasteiger partial charge in [-0.05, 0) is 17.7 Å². The van der Waals surface area contributed by atoms with Gasteiger partial charge in [-0.2, -0.15) is 0 Å². The van der Waals surface area contributed by atoms with Crippen molar-refractivity contribution in [2.45, 2.75) is 4.90 Å². The standard InChI is InChI=1S/C10H8FNO2S2/c1-16(13,14)10-3-2-7(4-8(10)11)9-5-12-6-15-9/h2-6H,1H3. The second-order valence-corrected chi connectivity index (χ2v) is 6.15. The Morgan fingerprint density at radius 2 is 2.12 bits per heavy atom. The van der Waals surface area contributed by atoms with Crippen LogP contribution in [0.1, 0.15) is 0 Å². The minimum absolute atomic E-state index is 0.277. The van der Waals surface area contributed by atoms with Crippen LogP contribution in [-0.2, 0) is 9.84 Å². The molecule has 1 aromatic carbocycles. The molecule has 0 saturated heterocycles. The smallest absolute Gasteiger partial charge is 0.178 e. The lowest BCUT2D eigenvalue weighted by Crippen LogP contribution is -2.00. The van der Waals surface area contributed by atoms with E-state index < -0.39 is 15.7 Å². The lowest BCUT2D eigenvalue weighted by molar-refractivity contribution is 0.571. The topological polar surface area (TPSA) is 47.0 Å². The summed E-state index contributed by atoms with van der Waals surface area (Å²) in [5, 5.41) is 0. The molecule has 0 saturated carbocycles. The number of nitrogens with zero attached hydrogens (tertiary/aromatic N) is 1. The second kappa shape index (κ2) is 3.95. The van der Waals surface area contributed by atoms with Gasteiger partial charge in [0.2, 0.25) is 0 Å². The molecule has 0 N–H and O–H groups in total. The highest BCUT2D eigenvalue weighted by molar-refractivity contribution is 7.90. The third-order valence-electron chi connectivity index (χ3n) is 2.05. The Kier molecular flexibility index (Phi) is 2.77. The molecule has 0 atom stereocenters. The molecule has 2 aromatic rings. The summed E-state index contributed by atoms with van der Waals surface area (Å²) in [5.74, 6) is -0.728. The van der Waals surface area contributed by atoms with E-state index in [1.165, 1.54) is 23.5 Å². The van der Waals surface area contributed by atoms with Gasteiger partial charge in [0.15, 0.2) is 9.84 Å². The zero-order chi connectivity index (χ0) is 11.8. The normalized spacial score (nSPS) is 11.6. The Morgan fingerprint density at radius 1 is 1.38 bits per heavy atom. The summed E-state index contributed by atoms with van der Waals surface area (Å²) in [5.41, 5.74) is 2.27. The number of hydrogen-bond acceptors (Lipinski definition) is 4. The van der Waals surface area contributed by atoms with Gasteiger partial charge < -0.3 is 0 Å². The maximum Gasteiger partial charge on any atom is 0.178 e. The van der Waals surface area contributed by atoms with E-state index in [0.29, 0.717) is 5.56 Å². The molecule has 0 aliphatic carbocycles. The van der Waals surface area contributed by atoms with E-state index in [0.717, 1.165) is 11.1 Å². The molecule has 0 fully saturated rings. The first-order valence-electron chi connectivity index (χ1n) is 4.37. The van der Waals surface area contributed by atoms with Crippen LogP contribution < -0.4 is 0 Å². The molecule has 16 heavy (non-hydrogen) atoms. The predicted molar refractivity (Wildman–Crippen MR) is 60.6 cm³/mol. The van der Waals surface area contributed by atoms with Crippen LogP contribution >= 0.6 is 11.3 Å². The van der Waals surface area contributed by atoms with Crippen molar-refractivity contribution in [3.05, 3.63) is 35.7 Å². The Bertz CT molecular complexity index is 606. The SMILES string of the molecule is CS(=O)(=O)c1ccc(-c2cncs2)cc1F. The highest BCUT2D eigenvalue weighted by atomic mass is 32.2. The molecule has 6 heteroatoms. The van der Waals surface area contributed by atoms with Crippen molar-refractivity contribution in [3.63, 3.8) is 0 Å². The molecule has 84 valence electrons. The quantitative estimate of drug-likeness (QED) is 0.829. The molecular formula is C10H8FNO2S2. The minimum Gasteiger partial charge on any atom is -0.252 e. The molecule has 0 unspecified atom stereocenters. The fraction of sp³-hybridized carbons (Fsp3) is 0.100. The first-order chi connectivity index (χ1) is 7.48. The lowest BCUT2D eigenvalue weighted by Gasteiger charge is -2.02. The molecule has 2 rings (SSSR count). The Morgan fingerprint density at radius 3 is 2.62 bits per heavy atom. The van der Waals surface area contributed by atoms with Crippen LogP contribution in [0.5, 0.6) is 0 Å². The van der Waals surface area contributed by atoms with Gasteiger partial charge in [-0.1, -0.05) is 6.07 Å². The van der Waals surface area contributed by atoms with Crippen molar-refractivity contribution >= 4 is 21.2 Å². The van der Waals surface area contributed by atoms with Crippen molar-refractivity contribution in [1.82, 2.24) is 4.98 Å². The summed E-state index contributed by atoms with van der Waals surface area (Å²) in [6, 6.07) is 4.07. The number of halogens is 1. The monoisotopic (exact) mass is 257 g/mol. The predicted octanol–water partition coefficient (Wildman–Crippen LogP) is 2.35. The van der Waals surface area contributed by atoms with Gasteiger partial charge in [-0.3, -0.25) is 4.98 Å². The molecule has 0 spiro atoms. The fourth-order valence-corrected chi connectivity index (χ4v) is 2.66. The van der Waals surface area contributed by atoms with E-state index in [1.807, 2.05) is 0 Å². The van der Waals surface area contributed by atoms with E-state index in [9.17, 15) is 12.8 Å². The van der Waals surface area contributed by atoms with E-state index in [4.69, 9.17) is 0 Å². The van der Waals surface area contributed by atoms with Crippen LogP contribution in [-0.4, -0.2) is 19.7 Å². The van der Waals surface area contributed by atoms with Crippen LogP contribution in [0.15, 0.2) is 34.8 Å². The largest absolute Gasteiger partial charge is 0.252 e. The highest BCUT2D eigenvalue weighted by Crippen LogP contribution is 2.26. The highest BCUT2D eigenvalue weighted by Gasteiger charge is 2.14. The Balaban J connectivity index is 2.53. The van der Waals surface area contributed by atoms with Crippen molar-refractivity contribution in [1.29, 1.82) is 0 Å². The van der Waals surface area contributed by atoms with Gasteiger partial charge in [0.05, 0.1) is 10.4 Å². The summed E-state index contributed by atoms with van der Waals surface area (Å²) < 4.78 is 35.9. The molecule has 0 aliphatic heterocycles. The second-order valence-electron chi connectivity index (χ2n) is 3.28. The Hall–Kier alpha value is -1.27. The molecule has 1 heterocycles. The van der Waals surface area contributed by atoms with Gasteiger partial charge in [-0.25, -0.2) is 12.8 Å². The van der Waals surface area contributed by atoms with E-state index >= 15 is 0 Å². The average molecular weight is 257 g/mol. The zero-order valence-electron chi connectivity index (χ0n) is 8.34. The van der Waals surface area contributed by atoms with Gasteiger partial charge >= 0.3 is 0 Å². The first-order valence-corrected chi connectivity index (χ1v) is 7.14. The van der Waals surface area contributed by atoms with Crippen LogP contribution in [0.2, 0.25) is 0 Å². The van der Waals surface area contributed by atoms with Crippen molar-refractivity contribution in [2.24, 2.45) is 0 Å². The zero-order valence-corrected chi connectivity index (χ0v) is 9.98. The van der Waals surface area contributed by atoms with E-state index in [1.54, 1.807) is 17.8 Å². The van der Waals surface area contributed by atoms with Crippen molar-refractivity contribution in [3.8, 4) is 10.4 Å². The maximum atomic E-state index is 13.5. The summed E-state index contributed by atoms with van der Waals surface area (Å²) in [7, 11) is -3.51. The van der Waals surface area contributed by atoms with Crippen LogP contribution in [0, 0.1) is 5.82 Å². The third kappa shape index (κ3) is 2.12. The third-order valence-corrected chi connectivity index (χ3v) is 4.00. The summed E-state index contributed by atoms with van der Waals surface area (Å²) in [6.45, 7) is 0. The minimum atomic E-state index is -3.51. The van der Waals surface area contributed by atoms with E-state index in [-0.39, 0.29) is 4.90 Å². The lowest BCUT2D eigenvalue weighted by atomic mass is 10.2. The summed E-state index contributed by atoms with van der Waals surface area (Å²) in [4.78, 5) is 4.40. The molecule has 3 nitrogen and oxygen atoms in total. The van der Waals surface area contributed by atoms with Gasteiger partial charge in [0.25, 0.3) is 0 Å². The van der Waals surface area contributed by atoms with E-state index in [2.05, 4.69) is 4.98 Å². The number of hydrogen-bond donors (Lipinski definition) is 0. The summed E-state index contributed by atoms with van der Waals surface area (Å²) in [6.07, 6.45) is 2.59. The van der Waals surface area contributed by atoms with Gasteiger partial charge in [0.1, 0.15) is 10.7 Å². The molecule has 0 amide bonds. The number of aromatic nitrogens is 1. The van der Waals surface area contributed by atoms with Crippen LogP contribution in [0.4, 0.5) is 4.39 Å².